The first-order valence-electron chi connectivity index (χ1n) is 7.94. The molecule has 0 amide bonds. The molecule has 120 valence electrons. The normalized spacial score (nSPS) is 26.8. The summed E-state index contributed by atoms with van der Waals surface area (Å²) in [6.45, 7) is 5.63. The zero-order valence-electron chi connectivity index (χ0n) is 13.1. The minimum Gasteiger partial charge on any atom is -0.369 e. The molecule has 1 saturated heterocycles. The number of likely N-dealkylation sites (tertiary alicyclic amines) is 1. The molecule has 2 heterocycles. The van der Waals surface area contributed by atoms with Crippen LogP contribution in [0.3, 0.4) is 0 Å². The Bertz CT molecular complexity index is 734. The van der Waals surface area contributed by atoms with E-state index in [-0.39, 0.29) is 5.60 Å². The largest absolute Gasteiger partial charge is 0.369 e. The fourth-order valence-electron chi connectivity index (χ4n) is 3.92. The van der Waals surface area contributed by atoms with Crippen molar-refractivity contribution in [1.82, 2.24) is 4.90 Å². The molecular formula is C19H19Cl2NO. The Morgan fingerprint density at radius 2 is 1.96 bits per heavy atom. The Hall–Kier alpha value is -1.06. The van der Waals surface area contributed by atoms with Crippen LogP contribution in [0.25, 0.3) is 0 Å². The van der Waals surface area contributed by atoms with E-state index in [4.69, 9.17) is 27.9 Å². The summed E-state index contributed by atoms with van der Waals surface area (Å²) in [6, 6.07) is 14.6. The fourth-order valence-corrected chi connectivity index (χ4v) is 4.33. The Labute approximate surface area is 147 Å². The number of hydrogen-bond donors (Lipinski definition) is 0. The molecule has 2 atom stereocenters. The quantitative estimate of drug-likeness (QED) is 0.767. The lowest BCUT2D eigenvalue weighted by Gasteiger charge is -2.37. The first kappa shape index (κ1) is 15.5. The summed E-state index contributed by atoms with van der Waals surface area (Å²) in [4.78, 5) is 2.47. The number of rotatable bonds is 2. The minimum absolute atomic E-state index is 0.154. The van der Waals surface area contributed by atoms with Crippen LogP contribution in [0.1, 0.15) is 29.5 Å². The van der Waals surface area contributed by atoms with Crippen LogP contribution in [0.15, 0.2) is 42.5 Å². The molecule has 23 heavy (non-hydrogen) atoms. The Morgan fingerprint density at radius 1 is 1.17 bits per heavy atom. The summed E-state index contributed by atoms with van der Waals surface area (Å²) in [5.41, 5.74) is 3.54. The van der Waals surface area contributed by atoms with Crippen molar-refractivity contribution in [3.05, 3.63) is 69.2 Å². The van der Waals surface area contributed by atoms with Crippen molar-refractivity contribution in [3.8, 4) is 0 Å². The van der Waals surface area contributed by atoms with Crippen molar-refractivity contribution >= 4 is 23.2 Å². The van der Waals surface area contributed by atoms with Gasteiger partial charge in [0.15, 0.2) is 0 Å². The van der Waals surface area contributed by atoms with Crippen molar-refractivity contribution in [2.75, 3.05) is 13.1 Å². The molecule has 0 aliphatic carbocycles. The topological polar surface area (TPSA) is 12.5 Å². The molecule has 0 saturated carbocycles. The molecule has 0 aromatic heterocycles. The molecule has 4 heteroatoms. The van der Waals surface area contributed by atoms with Crippen molar-refractivity contribution in [2.24, 2.45) is 0 Å². The molecule has 1 fully saturated rings. The molecule has 2 aliphatic heterocycles. The lowest BCUT2D eigenvalue weighted by atomic mass is 9.81. The molecule has 2 aliphatic rings. The molecule has 0 N–H and O–H groups in total. The second-order valence-electron chi connectivity index (χ2n) is 6.74. The second kappa shape index (κ2) is 5.78. The van der Waals surface area contributed by atoms with Crippen molar-refractivity contribution in [1.29, 1.82) is 0 Å². The fraction of sp³-hybridized carbons (Fsp3) is 0.368. The van der Waals surface area contributed by atoms with E-state index in [9.17, 15) is 0 Å². The van der Waals surface area contributed by atoms with Crippen LogP contribution in [-0.4, -0.2) is 23.6 Å². The van der Waals surface area contributed by atoms with Gasteiger partial charge in [-0.2, -0.15) is 0 Å². The maximum absolute atomic E-state index is 6.39. The SMILES string of the molecule is CC12CN(Cc3ccccc3)C[C@H]1c1ccc(Cl)c(Cl)c1CO2. The maximum atomic E-state index is 6.39. The van der Waals surface area contributed by atoms with Crippen LogP contribution in [-0.2, 0) is 17.9 Å². The summed E-state index contributed by atoms with van der Waals surface area (Å²) in [5.74, 6) is 0.338. The second-order valence-corrected chi connectivity index (χ2v) is 7.52. The van der Waals surface area contributed by atoms with Gasteiger partial charge in [-0.15, -0.1) is 0 Å². The average molecular weight is 348 g/mol. The van der Waals surface area contributed by atoms with Gasteiger partial charge in [-0.05, 0) is 24.1 Å². The maximum Gasteiger partial charge on any atom is 0.0866 e. The number of benzene rings is 2. The summed E-state index contributed by atoms with van der Waals surface area (Å²) in [6.07, 6.45) is 0. The third kappa shape index (κ3) is 2.68. The lowest BCUT2D eigenvalue weighted by molar-refractivity contribution is -0.0567. The molecule has 2 aromatic rings. The number of hydrogen-bond acceptors (Lipinski definition) is 2. The number of nitrogens with zero attached hydrogens (tertiary/aromatic N) is 1. The van der Waals surface area contributed by atoms with E-state index in [1.807, 2.05) is 6.07 Å². The van der Waals surface area contributed by atoms with E-state index in [1.165, 1.54) is 11.1 Å². The van der Waals surface area contributed by atoms with Gasteiger partial charge in [-0.25, -0.2) is 0 Å². The van der Waals surface area contributed by atoms with Gasteiger partial charge in [0, 0.05) is 31.1 Å². The predicted molar refractivity (Wildman–Crippen MR) is 94.1 cm³/mol. The third-order valence-corrected chi connectivity index (χ3v) is 5.96. The summed E-state index contributed by atoms with van der Waals surface area (Å²) in [5, 5.41) is 1.25. The van der Waals surface area contributed by atoms with Crippen LogP contribution in [0.2, 0.25) is 10.0 Å². The van der Waals surface area contributed by atoms with Crippen LogP contribution < -0.4 is 0 Å². The van der Waals surface area contributed by atoms with Gasteiger partial charge in [-0.3, -0.25) is 4.90 Å². The van der Waals surface area contributed by atoms with Crippen LogP contribution >= 0.6 is 23.2 Å². The van der Waals surface area contributed by atoms with E-state index in [1.54, 1.807) is 0 Å². The average Bonchev–Trinajstić information content (AvgIpc) is 2.88. The van der Waals surface area contributed by atoms with E-state index in [2.05, 4.69) is 48.2 Å². The van der Waals surface area contributed by atoms with E-state index >= 15 is 0 Å². The van der Waals surface area contributed by atoms with Gasteiger partial charge in [0.05, 0.1) is 22.3 Å². The molecule has 1 unspecified atom stereocenters. The monoisotopic (exact) mass is 347 g/mol. The first-order valence-corrected chi connectivity index (χ1v) is 8.69. The molecule has 0 spiro atoms. The standard InChI is InChI=1S/C19H19Cl2NO/c1-19-12-22(9-13-5-3-2-4-6-13)10-16(19)14-7-8-17(20)18(21)15(14)11-23-19/h2-8,16H,9-12H2,1H3/t16-,19?/m0/s1. The third-order valence-electron chi connectivity index (χ3n) is 5.12. The highest BCUT2D eigenvalue weighted by Crippen LogP contribution is 2.47. The summed E-state index contributed by atoms with van der Waals surface area (Å²) < 4.78 is 6.23. The summed E-state index contributed by atoms with van der Waals surface area (Å²) in [7, 11) is 0. The van der Waals surface area contributed by atoms with Gasteiger partial charge in [-0.1, -0.05) is 59.6 Å². The molecule has 0 radical (unpaired) electrons. The Morgan fingerprint density at radius 3 is 2.74 bits per heavy atom. The molecule has 2 nitrogen and oxygen atoms in total. The van der Waals surface area contributed by atoms with E-state index < -0.39 is 0 Å². The van der Waals surface area contributed by atoms with Crippen molar-refractivity contribution in [2.45, 2.75) is 31.6 Å². The van der Waals surface area contributed by atoms with Gasteiger partial charge >= 0.3 is 0 Å². The van der Waals surface area contributed by atoms with Crippen LogP contribution in [0.5, 0.6) is 0 Å². The minimum atomic E-state index is -0.154. The highest BCUT2D eigenvalue weighted by Gasteiger charge is 2.48. The van der Waals surface area contributed by atoms with Crippen LogP contribution in [0.4, 0.5) is 0 Å². The van der Waals surface area contributed by atoms with Crippen LogP contribution in [0, 0.1) is 0 Å². The highest BCUT2D eigenvalue weighted by molar-refractivity contribution is 6.42. The predicted octanol–water partition coefficient (Wildman–Crippen LogP) is 4.88. The molecule has 2 aromatic carbocycles. The van der Waals surface area contributed by atoms with Gasteiger partial charge in [0.25, 0.3) is 0 Å². The van der Waals surface area contributed by atoms with E-state index in [0.717, 1.165) is 25.2 Å². The molecular weight excluding hydrogens is 329 g/mol. The zero-order valence-corrected chi connectivity index (χ0v) is 14.6. The van der Waals surface area contributed by atoms with Gasteiger partial charge < -0.3 is 4.74 Å². The zero-order chi connectivity index (χ0) is 16.0. The first-order chi connectivity index (χ1) is 11.1. The lowest BCUT2D eigenvalue weighted by Crippen LogP contribution is -2.40. The van der Waals surface area contributed by atoms with Crippen molar-refractivity contribution in [3.63, 3.8) is 0 Å². The Balaban J connectivity index is 1.63. The molecule has 4 rings (SSSR count). The Kier molecular flexibility index (Phi) is 3.89. The van der Waals surface area contributed by atoms with Gasteiger partial charge in [0.2, 0.25) is 0 Å². The number of fused-ring (bicyclic) bond motifs is 3. The smallest absolute Gasteiger partial charge is 0.0866 e. The number of ether oxygens (including phenoxy) is 1. The van der Waals surface area contributed by atoms with Crippen molar-refractivity contribution < 1.29 is 4.74 Å². The number of halogens is 2. The summed E-state index contributed by atoms with van der Waals surface area (Å²) >= 11 is 12.5. The highest BCUT2D eigenvalue weighted by atomic mass is 35.5. The molecule has 0 bridgehead atoms. The van der Waals surface area contributed by atoms with E-state index in [0.29, 0.717) is 22.6 Å². The van der Waals surface area contributed by atoms with Gasteiger partial charge in [0.1, 0.15) is 0 Å².